The van der Waals surface area contributed by atoms with Gasteiger partial charge in [0.1, 0.15) is 0 Å². The van der Waals surface area contributed by atoms with Gasteiger partial charge in [-0.25, -0.2) is 9.78 Å². The van der Waals surface area contributed by atoms with Crippen LogP contribution >= 0.6 is 11.3 Å². The number of ether oxygens (including phenoxy) is 2. The lowest BCUT2D eigenvalue weighted by molar-refractivity contribution is 0.0602. The number of esters is 1. The maximum absolute atomic E-state index is 11.9. The summed E-state index contributed by atoms with van der Waals surface area (Å²) in [5, 5.41) is 1.14. The van der Waals surface area contributed by atoms with E-state index in [1.165, 1.54) is 12.7 Å². The van der Waals surface area contributed by atoms with Gasteiger partial charge in [-0.2, -0.15) is 0 Å². The number of methoxy groups -OCH3 is 1. The van der Waals surface area contributed by atoms with Gasteiger partial charge < -0.3 is 15.2 Å². The Kier molecular flexibility index (Phi) is 6.11. The molecule has 1 heterocycles. The maximum atomic E-state index is 11.9. The Balaban J connectivity index is 1.34. The number of nitrogen functional groups attached to an aromatic ring is 1. The van der Waals surface area contributed by atoms with E-state index >= 15 is 0 Å². The number of nitrogens with two attached hydrogens (primary N) is 1. The number of benzene rings is 2. The summed E-state index contributed by atoms with van der Waals surface area (Å²) in [6.45, 7) is 1.50. The average molecular weight is 411 g/mol. The van der Waals surface area contributed by atoms with Crippen molar-refractivity contribution >= 4 is 33.2 Å². The van der Waals surface area contributed by atoms with Crippen LogP contribution in [-0.2, 0) is 16.1 Å². The number of hydrogen-bond donors (Lipinski definition) is 1. The van der Waals surface area contributed by atoms with Gasteiger partial charge in [0.15, 0.2) is 0 Å². The van der Waals surface area contributed by atoms with Crippen LogP contribution in [0.15, 0.2) is 42.5 Å². The number of hydrogen-bond acceptors (Lipinski definition) is 6. The molecule has 0 atom stereocenters. The zero-order chi connectivity index (χ0) is 20.2. The van der Waals surface area contributed by atoms with E-state index in [9.17, 15) is 4.79 Å². The zero-order valence-corrected chi connectivity index (χ0v) is 17.4. The highest BCUT2D eigenvalue weighted by molar-refractivity contribution is 7.18. The van der Waals surface area contributed by atoms with Crippen LogP contribution in [0.2, 0.25) is 0 Å². The highest BCUT2D eigenvalue weighted by Gasteiger charge is 2.25. The monoisotopic (exact) mass is 410 g/mol. The number of carbonyl (C=O) groups is 1. The summed E-state index contributed by atoms with van der Waals surface area (Å²) in [5.41, 5.74) is 8.90. The van der Waals surface area contributed by atoms with Gasteiger partial charge >= 0.3 is 5.97 Å². The summed E-state index contributed by atoms with van der Waals surface area (Å²) in [4.78, 5) is 16.7. The molecule has 6 heteroatoms. The molecule has 0 spiro atoms. The molecule has 1 aliphatic carbocycles. The molecule has 2 aromatic carbocycles. The van der Waals surface area contributed by atoms with Crippen molar-refractivity contribution in [3.8, 4) is 0 Å². The van der Waals surface area contributed by atoms with Gasteiger partial charge in [-0.3, -0.25) is 0 Å². The minimum Gasteiger partial charge on any atom is -0.465 e. The van der Waals surface area contributed by atoms with Gasteiger partial charge in [0, 0.05) is 18.2 Å². The Hall–Kier alpha value is -2.44. The van der Waals surface area contributed by atoms with Crippen molar-refractivity contribution in [3.05, 3.63) is 58.6 Å². The molecule has 1 aliphatic rings. The number of carbonyl (C=O) groups excluding carboxylic acids is 1. The van der Waals surface area contributed by atoms with Gasteiger partial charge in [0.2, 0.25) is 0 Å². The quantitative estimate of drug-likeness (QED) is 0.449. The molecule has 0 saturated heterocycles. The summed E-state index contributed by atoms with van der Waals surface area (Å²) in [6.07, 6.45) is 4.56. The standard InChI is InChI=1S/C23H26N2O3S/c1-27-23(26)18-11-20-21(12-19(18)24)29-22(25-20)17-9-7-16(8-10-17)14-28-13-15-5-3-2-4-6-15/h2-6,11-12,16-17H,7-10,13-14,24H2,1H3. The fourth-order valence-corrected chi connectivity index (χ4v) is 5.13. The molecule has 1 saturated carbocycles. The lowest BCUT2D eigenvalue weighted by Gasteiger charge is -2.27. The van der Waals surface area contributed by atoms with Crippen LogP contribution in [-0.4, -0.2) is 24.7 Å². The third kappa shape index (κ3) is 4.60. The first-order valence-electron chi connectivity index (χ1n) is 10.0. The van der Waals surface area contributed by atoms with Crippen molar-refractivity contribution in [1.29, 1.82) is 0 Å². The molecule has 1 fully saturated rings. The molecule has 0 unspecified atom stereocenters. The van der Waals surface area contributed by atoms with Crippen LogP contribution in [0, 0.1) is 5.92 Å². The molecule has 0 amide bonds. The number of thiazole rings is 1. The van der Waals surface area contributed by atoms with Crippen molar-refractivity contribution in [3.63, 3.8) is 0 Å². The van der Waals surface area contributed by atoms with Gasteiger partial charge in [-0.15, -0.1) is 11.3 Å². The fraction of sp³-hybridized carbons (Fsp3) is 0.391. The summed E-state index contributed by atoms with van der Waals surface area (Å²) < 4.78 is 11.8. The molecule has 0 aliphatic heterocycles. The van der Waals surface area contributed by atoms with Crippen molar-refractivity contribution in [2.24, 2.45) is 5.92 Å². The number of nitrogens with zero attached hydrogens (tertiary/aromatic N) is 1. The molecule has 2 N–H and O–H groups in total. The summed E-state index contributed by atoms with van der Waals surface area (Å²) in [5.74, 6) is 0.668. The van der Waals surface area contributed by atoms with Crippen molar-refractivity contribution < 1.29 is 14.3 Å². The summed E-state index contributed by atoms with van der Waals surface area (Å²) in [7, 11) is 1.36. The van der Waals surface area contributed by atoms with E-state index in [1.54, 1.807) is 17.4 Å². The molecule has 29 heavy (non-hydrogen) atoms. The van der Waals surface area contributed by atoms with E-state index in [0.29, 0.717) is 29.7 Å². The second-order valence-electron chi connectivity index (χ2n) is 7.67. The second kappa shape index (κ2) is 8.93. The molecule has 0 bridgehead atoms. The molecular weight excluding hydrogens is 384 g/mol. The number of fused-ring (bicyclic) bond motifs is 1. The van der Waals surface area contributed by atoms with Crippen molar-refractivity contribution in [2.45, 2.75) is 38.2 Å². The van der Waals surface area contributed by atoms with Gasteiger partial charge in [-0.1, -0.05) is 30.3 Å². The van der Waals surface area contributed by atoms with Crippen molar-refractivity contribution in [2.75, 3.05) is 19.5 Å². The largest absolute Gasteiger partial charge is 0.465 e. The first kappa shape index (κ1) is 19.9. The van der Waals surface area contributed by atoms with E-state index in [4.69, 9.17) is 20.2 Å². The molecule has 4 rings (SSSR count). The Morgan fingerprint density at radius 2 is 1.93 bits per heavy atom. The van der Waals surface area contributed by atoms with Crippen LogP contribution in [0.25, 0.3) is 10.2 Å². The summed E-state index contributed by atoms with van der Waals surface area (Å²) in [6, 6.07) is 13.9. The number of rotatable bonds is 6. The second-order valence-corrected chi connectivity index (χ2v) is 8.73. The lowest BCUT2D eigenvalue weighted by atomic mass is 9.83. The fourth-order valence-electron chi connectivity index (χ4n) is 3.96. The van der Waals surface area contributed by atoms with Gasteiger partial charge in [0.05, 0.1) is 34.5 Å². The van der Waals surface area contributed by atoms with Gasteiger partial charge in [0.25, 0.3) is 0 Å². The molecule has 5 nitrogen and oxygen atoms in total. The van der Waals surface area contributed by atoms with Crippen LogP contribution < -0.4 is 5.73 Å². The normalized spacial score (nSPS) is 19.3. The Bertz CT molecular complexity index is 978. The van der Waals surface area contributed by atoms with Crippen LogP contribution in [0.1, 0.15) is 52.5 Å². The van der Waals surface area contributed by atoms with E-state index in [2.05, 4.69) is 12.1 Å². The topological polar surface area (TPSA) is 74.4 Å². The minimum absolute atomic E-state index is 0.385. The third-order valence-corrected chi connectivity index (χ3v) is 6.82. The zero-order valence-electron chi connectivity index (χ0n) is 16.6. The van der Waals surface area contributed by atoms with Crippen LogP contribution in [0.4, 0.5) is 5.69 Å². The number of aromatic nitrogens is 1. The average Bonchev–Trinajstić information content (AvgIpc) is 3.16. The molecular formula is C23H26N2O3S. The predicted octanol–water partition coefficient (Wildman–Crippen LogP) is 5.16. The Labute approximate surface area is 174 Å². The van der Waals surface area contributed by atoms with Crippen molar-refractivity contribution in [1.82, 2.24) is 4.98 Å². The minimum atomic E-state index is -0.421. The SMILES string of the molecule is COC(=O)c1cc2nc(C3CCC(COCc4ccccc4)CC3)sc2cc1N. The van der Waals surface area contributed by atoms with Crippen LogP contribution in [0.5, 0.6) is 0 Å². The Morgan fingerprint density at radius 3 is 2.66 bits per heavy atom. The first-order valence-corrected chi connectivity index (χ1v) is 10.9. The van der Waals surface area contributed by atoms with E-state index in [1.807, 2.05) is 24.3 Å². The summed E-state index contributed by atoms with van der Waals surface area (Å²) >= 11 is 1.69. The van der Waals surface area contributed by atoms with Crippen LogP contribution in [0.3, 0.4) is 0 Å². The maximum Gasteiger partial charge on any atom is 0.340 e. The highest BCUT2D eigenvalue weighted by Crippen LogP contribution is 2.39. The first-order chi connectivity index (χ1) is 14.1. The van der Waals surface area contributed by atoms with E-state index in [0.717, 1.165) is 47.5 Å². The highest BCUT2D eigenvalue weighted by atomic mass is 32.1. The molecule has 1 aromatic heterocycles. The lowest BCUT2D eigenvalue weighted by Crippen LogP contribution is -2.17. The predicted molar refractivity (Wildman–Crippen MR) is 116 cm³/mol. The smallest absolute Gasteiger partial charge is 0.340 e. The molecule has 152 valence electrons. The Morgan fingerprint density at radius 1 is 1.17 bits per heavy atom. The molecule has 0 radical (unpaired) electrons. The van der Waals surface area contributed by atoms with E-state index < -0.39 is 5.97 Å². The van der Waals surface area contributed by atoms with Gasteiger partial charge in [-0.05, 0) is 49.3 Å². The third-order valence-electron chi connectivity index (χ3n) is 5.64. The number of anilines is 1. The molecule has 3 aromatic rings. The van der Waals surface area contributed by atoms with E-state index in [-0.39, 0.29) is 0 Å².